The van der Waals surface area contributed by atoms with Crippen molar-refractivity contribution in [2.75, 3.05) is 31.5 Å². The van der Waals surface area contributed by atoms with E-state index in [1.807, 2.05) is 31.2 Å². The molecule has 4 rings (SSSR count). The minimum Gasteiger partial charge on any atom is -0.352 e. The van der Waals surface area contributed by atoms with Gasteiger partial charge in [0.05, 0.1) is 23.1 Å². The molecule has 7 heteroatoms. The molecule has 6 nitrogen and oxygen atoms in total. The van der Waals surface area contributed by atoms with Crippen molar-refractivity contribution >= 4 is 28.3 Å². The fraction of sp³-hybridized carbons (Fsp3) is 0.263. The number of amides is 1. The average molecular weight is 353 g/mol. The molecule has 1 amide bonds. The Bertz CT molecular complexity index is 962. The molecule has 0 atom stereocenters. The minimum absolute atomic E-state index is 0.169. The highest BCUT2D eigenvalue weighted by molar-refractivity contribution is 6.04. The van der Waals surface area contributed by atoms with Crippen molar-refractivity contribution in [1.29, 1.82) is 0 Å². The van der Waals surface area contributed by atoms with E-state index in [0.717, 1.165) is 24.3 Å². The first-order chi connectivity index (χ1) is 12.6. The number of nitrogens with one attached hydrogen (secondary N) is 3. The molecule has 1 saturated heterocycles. The number of aromatic amines is 1. The van der Waals surface area contributed by atoms with Crippen LogP contribution in [0.1, 0.15) is 15.9 Å². The number of halogens is 1. The number of nitrogens with zero attached hydrogens (tertiary/aromatic N) is 2. The molecule has 134 valence electrons. The number of aromatic nitrogens is 2. The topological polar surface area (TPSA) is 73.1 Å². The Morgan fingerprint density at radius 1 is 1.27 bits per heavy atom. The highest BCUT2D eigenvalue weighted by Gasteiger charge is 2.25. The van der Waals surface area contributed by atoms with E-state index >= 15 is 4.39 Å². The molecule has 1 aliphatic rings. The molecule has 0 bridgehead atoms. The van der Waals surface area contributed by atoms with Crippen LogP contribution in [0.5, 0.6) is 0 Å². The van der Waals surface area contributed by atoms with Gasteiger partial charge in [-0.25, -0.2) is 9.37 Å². The van der Waals surface area contributed by atoms with Crippen LogP contribution in [-0.4, -0.2) is 47.0 Å². The van der Waals surface area contributed by atoms with Gasteiger partial charge in [0.2, 0.25) is 0 Å². The number of carbonyl (C=O) groups excluding carboxylic acids is 1. The summed E-state index contributed by atoms with van der Waals surface area (Å²) in [6.07, 6.45) is 1.43. The van der Waals surface area contributed by atoms with Gasteiger partial charge >= 0.3 is 0 Å². The molecule has 1 fully saturated rings. The Balaban J connectivity index is 1.82. The number of H-pyrrole nitrogens is 1. The lowest BCUT2D eigenvalue weighted by molar-refractivity contribution is 0.0736. The summed E-state index contributed by atoms with van der Waals surface area (Å²) in [5.41, 5.74) is 2.94. The van der Waals surface area contributed by atoms with Crippen molar-refractivity contribution in [3.8, 4) is 0 Å². The summed E-state index contributed by atoms with van der Waals surface area (Å²) in [4.78, 5) is 21.8. The lowest BCUT2D eigenvalue weighted by Gasteiger charge is -2.28. The van der Waals surface area contributed by atoms with E-state index in [1.165, 1.54) is 6.33 Å². The first-order valence-electron chi connectivity index (χ1n) is 8.63. The van der Waals surface area contributed by atoms with Gasteiger partial charge in [-0.05, 0) is 24.6 Å². The summed E-state index contributed by atoms with van der Waals surface area (Å²) < 4.78 is 15.2. The molecule has 26 heavy (non-hydrogen) atoms. The Morgan fingerprint density at radius 2 is 2.04 bits per heavy atom. The summed E-state index contributed by atoms with van der Waals surface area (Å²) in [7, 11) is 0. The largest absolute Gasteiger partial charge is 0.352 e. The molecule has 0 aliphatic carbocycles. The van der Waals surface area contributed by atoms with Crippen LogP contribution in [0.3, 0.4) is 0 Å². The van der Waals surface area contributed by atoms with Gasteiger partial charge in [-0.1, -0.05) is 18.2 Å². The predicted molar refractivity (Wildman–Crippen MR) is 99.3 cm³/mol. The van der Waals surface area contributed by atoms with Crippen LogP contribution in [0, 0.1) is 12.7 Å². The third-order valence-electron chi connectivity index (χ3n) is 4.69. The maximum Gasteiger partial charge on any atom is 0.256 e. The quantitative estimate of drug-likeness (QED) is 0.677. The SMILES string of the molecule is Cc1ccccc1Nc1c(C(=O)N2CCNCC2)cc2[nH]cnc2c1F. The maximum absolute atomic E-state index is 15.2. The molecule has 0 radical (unpaired) electrons. The average Bonchev–Trinajstić information content (AvgIpc) is 3.14. The fourth-order valence-electron chi connectivity index (χ4n) is 3.22. The van der Waals surface area contributed by atoms with Gasteiger partial charge in [-0.2, -0.15) is 0 Å². The monoisotopic (exact) mass is 353 g/mol. The molecular formula is C19H20FN5O. The summed E-state index contributed by atoms with van der Waals surface area (Å²) in [6.45, 7) is 4.61. The molecule has 3 aromatic rings. The minimum atomic E-state index is -0.523. The number of piperazine rings is 1. The van der Waals surface area contributed by atoms with Crippen LogP contribution >= 0.6 is 0 Å². The van der Waals surface area contributed by atoms with Gasteiger partial charge in [0.25, 0.3) is 5.91 Å². The van der Waals surface area contributed by atoms with Crippen LogP contribution in [0.4, 0.5) is 15.8 Å². The third-order valence-corrected chi connectivity index (χ3v) is 4.69. The third kappa shape index (κ3) is 2.90. The summed E-state index contributed by atoms with van der Waals surface area (Å²) >= 11 is 0. The number of hydrogen-bond acceptors (Lipinski definition) is 4. The van der Waals surface area contributed by atoms with Gasteiger partial charge in [-0.3, -0.25) is 4.79 Å². The van der Waals surface area contributed by atoms with Gasteiger partial charge in [-0.15, -0.1) is 0 Å². The van der Waals surface area contributed by atoms with E-state index in [4.69, 9.17) is 0 Å². The molecular weight excluding hydrogens is 333 g/mol. The Morgan fingerprint density at radius 3 is 2.81 bits per heavy atom. The van der Waals surface area contributed by atoms with Crippen LogP contribution < -0.4 is 10.6 Å². The van der Waals surface area contributed by atoms with E-state index in [-0.39, 0.29) is 17.1 Å². The van der Waals surface area contributed by atoms with Crippen LogP contribution in [0.25, 0.3) is 11.0 Å². The molecule has 0 saturated carbocycles. The fourth-order valence-corrected chi connectivity index (χ4v) is 3.22. The number of anilines is 2. The van der Waals surface area contributed by atoms with Gasteiger partial charge < -0.3 is 20.5 Å². The van der Waals surface area contributed by atoms with Crippen LogP contribution in [0.15, 0.2) is 36.7 Å². The van der Waals surface area contributed by atoms with Crippen LogP contribution in [-0.2, 0) is 0 Å². The molecule has 0 spiro atoms. The molecule has 2 aromatic carbocycles. The molecule has 1 aliphatic heterocycles. The number of carbonyl (C=O) groups is 1. The lowest BCUT2D eigenvalue weighted by Crippen LogP contribution is -2.46. The highest BCUT2D eigenvalue weighted by Crippen LogP contribution is 2.31. The van der Waals surface area contributed by atoms with Crippen molar-refractivity contribution < 1.29 is 9.18 Å². The van der Waals surface area contributed by atoms with E-state index in [2.05, 4.69) is 20.6 Å². The number of para-hydroxylation sites is 1. The maximum atomic E-state index is 15.2. The second-order valence-electron chi connectivity index (χ2n) is 6.39. The van der Waals surface area contributed by atoms with Gasteiger partial charge in [0.1, 0.15) is 5.52 Å². The van der Waals surface area contributed by atoms with Crippen molar-refractivity contribution in [2.24, 2.45) is 0 Å². The second kappa shape index (κ2) is 6.76. The van der Waals surface area contributed by atoms with E-state index in [0.29, 0.717) is 24.2 Å². The Labute approximate surface area is 150 Å². The number of rotatable bonds is 3. The first-order valence-corrected chi connectivity index (χ1v) is 8.63. The summed E-state index contributed by atoms with van der Waals surface area (Å²) in [6, 6.07) is 9.27. The number of fused-ring (bicyclic) bond motifs is 1. The van der Waals surface area contributed by atoms with Crippen molar-refractivity contribution in [3.63, 3.8) is 0 Å². The van der Waals surface area contributed by atoms with Crippen molar-refractivity contribution in [2.45, 2.75) is 6.92 Å². The number of imidazole rings is 1. The first kappa shape index (κ1) is 16.5. The van der Waals surface area contributed by atoms with Crippen molar-refractivity contribution in [3.05, 3.63) is 53.6 Å². The highest BCUT2D eigenvalue weighted by atomic mass is 19.1. The normalized spacial score (nSPS) is 14.6. The Kier molecular flexibility index (Phi) is 4.30. The molecule has 1 aromatic heterocycles. The van der Waals surface area contributed by atoms with E-state index in [1.54, 1.807) is 11.0 Å². The molecule has 2 heterocycles. The van der Waals surface area contributed by atoms with Crippen molar-refractivity contribution in [1.82, 2.24) is 20.2 Å². The second-order valence-corrected chi connectivity index (χ2v) is 6.39. The van der Waals surface area contributed by atoms with Crippen LogP contribution in [0.2, 0.25) is 0 Å². The zero-order chi connectivity index (χ0) is 18.1. The predicted octanol–water partition coefficient (Wildman–Crippen LogP) is 2.80. The molecule has 0 unspecified atom stereocenters. The zero-order valence-electron chi connectivity index (χ0n) is 14.5. The summed E-state index contributed by atoms with van der Waals surface area (Å²) in [5.74, 6) is -0.705. The number of hydrogen-bond donors (Lipinski definition) is 3. The van der Waals surface area contributed by atoms with E-state index < -0.39 is 5.82 Å². The zero-order valence-corrected chi connectivity index (χ0v) is 14.5. The summed E-state index contributed by atoms with van der Waals surface area (Å²) in [5, 5.41) is 6.34. The lowest BCUT2D eigenvalue weighted by atomic mass is 10.1. The number of benzene rings is 2. The standard InChI is InChI=1S/C19H20FN5O/c1-12-4-2-3-5-14(12)24-17-13(19(26)25-8-6-21-7-9-25)10-15-18(16(17)20)23-11-22-15/h2-5,10-11,21,24H,6-9H2,1H3,(H,22,23). The molecule has 3 N–H and O–H groups in total. The number of aryl methyl sites for hydroxylation is 1. The Hall–Kier alpha value is -2.93. The van der Waals surface area contributed by atoms with Gasteiger partial charge in [0, 0.05) is 31.9 Å². The van der Waals surface area contributed by atoms with E-state index in [9.17, 15) is 4.79 Å². The smallest absolute Gasteiger partial charge is 0.256 e. The van der Waals surface area contributed by atoms with Gasteiger partial charge in [0.15, 0.2) is 5.82 Å².